The zero-order valence-corrected chi connectivity index (χ0v) is 9.09. The lowest BCUT2D eigenvalue weighted by atomic mass is 10.1. The normalized spacial score (nSPS) is 11.3. The fourth-order valence-corrected chi connectivity index (χ4v) is 1.90. The van der Waals surface area contributed by atoms with E-state index >= 15 is 0 Å². The third-order valence-electron chi connectivity index (χ3n) is 2.74. The van der Waals surface area contributed by atoms with Gasteiger partial charge in [-0.3, -0.25) is 4.40 Å². The van der Waals surface area contributed by atoms with Gasteiger partial charge in [-0.2, -0.15) is 4.52 Å². The summed E-state index contributed by atoms with van der Waals surface area (Å²) in [6.45, 7) is 0. The van der Waals surface area contributed by atoms with Crippen molar-refractivity contribution in [2.45, 2.75) is 0 Å². The maximum Gasteiger partial charge on any atom is 0.187 e. The van der Waals surface area contributed by atoms with Crippen molar-refractivity contribution in [2.24, 2.45) is 0 Å². The van der Waals surface area contributed by atoms with Gasteiger partial charge in [-0.05, 0) is 34.2 Å². The van der Waals surface area contributed by atoms with Crippen LogP contribution < -0.4 is 0 Å². The topological polar surface area (TPSA) is 73.3 Å². The van der Waals surface area contributed by atoms with E-state index in [1.165, 1.54) is 0 Å². The van der Waals surface area contributed by atoms with Gasteiger partial charge >= 0.3 is 0 Å². The van der Waals surface area contributed by atoms with Crippen molar-refractivity contribution in [3.63, 3.8) is 0 Å². The lowest BCUT2D eigenvalue weighted by Crippen LogP contribution is -1.91. The fourth-order valence-electron chi connectivity index (χ4n) is 1.90. The van der Waals surface area contributed by atoms with Gasteiger partial charge in [0.05, 0.1) is 0 Å². The molecule has 4 aromatic rings. The predicted octanol–water partition coefficient (Wildman–Crippen LogP) is 0.634. The Hall–Kier alpha value is -2.83. The second kappa shape index (κ2) is 3.33. The van der Waals surface area contributed by atoms with E-state index in [0.29, 0.717) is 5.65 Å². The molecule has 4 rings (SSSR count). The largest absolute Gasteiger partial charge is 0.289 e. The van der Waals surface area contributed by atoms with Crippen molar-refractivity contribution in [3.8, 4) is 11.1 Å². The molecule has 0 atom stereocenters. The molecule has 0 fully saturated rings. The first-order valence-electron chi connectivity index (χ1n) is 5.30. The van der Waals surface area contributed by atoms with Crippen LogP contribution >= 0.6 is 0 Å². The Labute approximate surface area is 101 Å². The van der Waals surface area contributed by atoms with Gasteiger partial charge < -0.3 is 0 Å². The SMILES string of the molecule is [c]1c(-c2cccn3cnnc23)ccn2nnnc12. The van der Waals surface area contributed by atoms with Gasteiger partial charge in [0.2, 0.25) is 0 Å². The molecular formula is C11H6N7. The van der Waals surface area contributed by atoms with E-state index in [1.54, 1.807) is 17.0 Å². The van der Waals surface area contributed by atoms with Crippen LogP contribution in [0.5, 0.6) is 0 Å². The molecule has 0 bridgehead atoms. The Balaban J connectivity index is 2.03. The highest BCUT2D eigenvalue weighted by molar-refractivity contribution is 5.78. The quantitative estimate of drug-likeness (QED) is 0.484. The maximum atomic E-state index is 4.10. The first-order chi connectivity index (χ1) is 8.92. The Morgan fingerprint density at radius 1 is 1.11 bits per heavy atom. The number of rotatable bonds is 1. The number of tetrazole rings is 1. The molecule has 18 heavy (non-hydrogen) atoms. The van der Waals surface area contributed by atoms with Crippen molar-refractivity contribution < 1.29 is 0 Å². The number of aromatic nitrogens is 7. The van der Waals surface area contributed by atoms with Crippen LogP contribution in [0.15, 0.2) is 36.9 Å². The maximum absolute atomic E-state index is 4.10. The zero-order valence-electron chi connectivity index (χ0n) is 9.09. The molecule has 0 saturated heterocycles. The molecule has 0 aliphatic rings. The Morgan fingerprint density at radius 2 is 2.11 bits per heavy atom. The average molecular weight is 236 g/mol. The summed E-state index contributed by atoms with van der Waals surface area (Å²) in [5.41, 5.74) is 3.19. The van der Waals surface area contributed by atoms with E-state index in [2.05, 4.69) is 31.8 Å². The second-order valence-corrected chi connectivity index (χ2v) is 3.79. The first-order valence-corrected chi connectivity index (χ1v) is 5.30. The van der Waals surface area contributed by atoms with Crippen molar-refractivity contribution in [2.75, 3.05) is 0 Å². The fraction of sp³-hybridized carbons (Fsp3) is 0. The van der Waals surface area contributed by atoms with E-state index in [0.717, 1.165) is 16.8 Å². The number of pyridine rings is 2. The van der Waals surface area contributed by atoms with Crippen LogP contribution in [-0.4, -0.2) is 34.6 Å². The summed E-state index contributed by atoms with van der Waals surface area (Å²) in [7, 11) is 0. The molecule has 4 aromatic heterocycles. The molecule has 4 heterocycles. The number of hydrogen-bond donors (Lipinski definition) is 0. The van der Waals surface area contributed by atoms with Gasteiger partial charge in [0.1, 0.15) is 6.33 Å². The summed E-state index contributed by atoms with van der Waals surface area (Å²) in [5.74, 6) is 0. The van der Waals surface area contributed by atoms with Crippen LogP contribution in [0.3, 0.4) is 0 Å². The lowest BCUT2D eigenvalue weighted by molar-refractivity contribution is 0.823. The highest BCUT2D eigenvalue weighted by Gasteiger charge is 2.08. The molecule has 7 heteroatoms. The zero-order chi connectivity index (χ0) is 11.9. The van der Waals surface area contributed by atoms with Crippen LogP contribution in [0.1, 0.15) is 0 Å². The molecule has 0 aromatic carbocycles. The standard InChI is InChI=1S/C11H6N7/c1-2-9(11-14-12-7-17(11)4-1)8-3-5-18-10(6-8)13-15-16-18/h1-5,7H. The van der Waals surface area contributed by atoms with Gasteiger partial charge in [-0.15, -0.1) is 15.3 Å². The summed E-state index contributed by atoms with van der Waals surface area (Å²) < 4.78 is 3.42. The van der Waals surface area contributed by atoms with Crippen LogP contribution in [-0.2, 0) is 0 Å². The van der Waals surface area contributed by atoms with E-state index in [9.17, 15) is 0 Å². The molecular weight excluding hydrogens is 230 g/mol. The second-order valence-electron chi connectivity index (χ2n) is 3.79. The van der Waals surface area contributed by atoms with Gasteiger partial charge in [-0.1, -0.05) is 0 Å². The minimum Gasteiger partial charge on any atom is -0.289 e. The Bertz CT molecular complexity index is 844. The summed E-state index contributed by atoms with van der Waals surface area (Å²) >= 11 is 0. The van der Waals surface area contributed by atoms with Crippen LogP contribution in [0.2, 0.25) is 0 Å². The monoisotopic (exact) mass is 236 g/mol. The summed E-state index contributed by atoms with van der Waals surface area (Å²) in [4.78, 5) is 0. The van der Waals surface area contributed by atoms with Crippen molar-refractivity contribution >= 4 is 11.3 Å². The predicted molar refractivity (Wildman–Crippen MR) is 61.6 cm³/mol. The molecule has 7 nitrogen and oxygen atoms in total. The third kappa shape index (κ3) is 1.21. The Morgan fingerprint density at radius 3 is 3.11 bits per heavy atom. The number of hydrogen-bond acceptors (Lipinski definition) is 5. The van der Waals surface area contributed by atoms with E-state index in [-0.39, 0.29) is 0 Å². The molecule has 0 spiro atoms. The van der Waals surface area contributed by atoms with Crippen molar-refractivity contribution in [3.05, 3.63) is 43.0 Å². The lowest BCUT2D eigenvalue weighted by Gasteiger charge is -2.02. The molecule has 85 valence electrons. The van der Waals surface area contributed by atoms with Crippen LogP contribution in [0.4, 0.5) is 0 Å². The number of nitrogens with zero attached hydrogens (tertiary/aromatic N) is 7. The summed E-state index contributed by atoms with van der Waals surface area (Å²) in [6, 6.07) is 8.95. The summed E-state index contributed by atoms with van der Waals surface area (Å²) in [5, 5.41) is 19.3. The molecule has 0 saturated carbocycles. The van der Waals surface area contributed by atoms with Crippen LogP contribution in [0, 0.1) is 6.07 Å². The van der Waals surface area contributed by atoms with E-state index < -0.39 is 0 Å². The average Bonchev–Trinajstić information content (AvgIpc) is 3.05. The van der Waals surface area contributed by atoms with Crippen molar-refractivity contribution in [1.29, 1.82) is 0 Å². The molecule has 0 amide bonds. The first kappa shape index (κ1) is 9.23. The molecule has 0 aliphatic heterocycles. The smallest absolute Gasteiger partial charge is 0.187 e. The van der Waals surface area contributed by atoms with Gasteiger partial charge in [0.25, 0.3) is 0 Å². The number of fused-ring (bicyclic) bond motifs is 2. The van der Waals surface area contributed by atoms with E-state index in [4.69, 9.17) is 0 Å². The van der Waals surface area contributed by atoms with Crippen LogP contribution in [0.25, 0.3) is 22.4 Å². The molecule has 0 aliphatic carbocycles. The summed E-state index contributed by atoms with van der Waals surface area (Å²) in [6.07, 6.45) is 5.35. The van der Waals surface area contributed by atoms with Gasteiger partial charge in [-0.25, -0.2) is 0 Å². The van der Waals surface area contributed by atoms with Crippen molar-refractivity contribution in [1.82, 2.24) is 34.6 Å². The van der Waals surface area contributed by atoms with Gasteiger partial charge in [0, 0.05) is 24.0 Å². The minimum absolute atomic E-state index is 0.578. The third-order valence-corrected chi connectivity index (χ3v) is 2.74. The van der Waals surface area contributed by atoms with E-state index in [1.807, 2.05) is 28.8 Å². The highest BCUT2D eigenvalue weighted by Crippen LogP contribution is 2.22. The minimum atomic E-state index is 0.578. The molecule has 1 radical (unpaired) electrons. The highest BCUT2D eigenvalue weighted by atomic mass is 15.5. The molecule has 0 unspecified atom stereocenters. The Kier molecular flexibility index (Phi) is 1.71. The molecule has 0 N–H and O–H groups in total. The van der Waals surface area contributed by atoms with Gasteiger partial charge in [0.15, 0.2) is 11.3 Å².